The zero-order valence-corrected chi connectivity index (χ0v) is 16.3. The maximum atomic E-state index is 13.1. The van der Waals surface area contributed by atoms with Crippen LogP contribution in [0.3, 0.4) is 0 Å². The number of rotatable bonds is 4. The molecule has 30 heavy (non-hydrogen) atoms. The van der Waals surface area contributed by atoms with Crippen molar-refractivity contribution in [2.24, 2.45) is 0 Å². The number of aromatic nitrogens is 4. The number of furan rings is 1. The van der Waals surface area contributed by atoms with Crippen molar-refractivity contribution in [2.45, 2.75) is 32.5 Å². The molecular weight excluding hydrogens is 388 g/mol. The van der Waals surface area contributed by atoms with E-state index in [4.69, 9.17) is 4.42 Å². The predicted molar refractivity (Wildman–Crippen MR) is 106 cm³/mol. The maximum Gasteiger partial charge on any atom is 0.325 e. The Labute approximate surface area is 169 Å². The summed E-state index contributed by atoms with van der Waals surface area (Å²) in [6.07, 6.45) is 1.45. The van der Waals surface area contributed by atoms with E-state index in [0.717, 1.165) is 4.90 Å². The van der Waals surface area contributed by atoms with Crippen LogP contribution in [0.5, 0.6) is 0 Å². The van der Waals surface area contributed by atoms with Gasteiger partial charge in [0.1, 0.15) is 5.76 Å². The number of hydrogen-bond donors (Lipinski definition) is 1. The lowest BCUT2D eigenvalue weighted by Gasteiger charge is -2.18. The third-order valence-corrected chi connectivity index (χ3v) is 5.48. The molecule has 1 saturated heterocycles. The minimum atomic E-state index is -1.30. The number of nitrogens with zero attached hydrogens (tertiary/aromatic N) is 5. The predicted octanol–water partition coefficient (Wildman–Crippen LogP) is 1.62. The van der Waals surface area contributed by atoms with E-state index in [1.165, 1.54) is 10.8 Å². The number of carbonyl (C=O) groups is 2. The van der Waals surface area contributed by atoms with Crippen molar-refractivity contribution < 1.29 is 14.0 Å². The van der Waals surface area contributed by atoms with Crippen LogP contribution >= 0.6 is 0 Å². The van der Waals surface area contributed by atoms with Crippen LogP contribution in [0.15, 0.2) is 51.9 Å². The second-order valence-corrected chi connectivity index (χ2v) is 7.24. The van der Waals surface area contributed by atoms with E-state index in [1.807, 2.05) is 13.0 Å². The fourth-order valence-electron chi connectivity index (χ4n) is 3.91. The van der Waals surface area contributed by atoms with E-state index in [0.29, 0.717) is 34.8 Å². The van der Waals surface area contributed by atoms with Gasteiger partial charge in [-0.2, -0.15) is 0 Å². The molecule has 0 aliphatic carbocycles. The van der Waals surface area contributed by atoms with Crippen molar-refractivity contribution in [3.05, 3.63) is 64.6 Å². The third-order valence-electron chi connectivity index (χ3n) is 5.48. The number of para-hydroxylation sites is 1. The number of benzene rings is 1. The van der Waals surface area contributed by atoms with Crippen LogP contribution in [0.4, 0.5) is 4.79 Å². The number of carbonyl (C=O) groups excluding carboxylic acids is 2. The van der Waals surface area contributed by atoms with Crippen LogP contribution in [0.1, 0.15) is 25.4 Å². The lowest BCUT2D eigenvalue weighted by atomic mass is 9.99. The fraction of sp³-hybridized carbons (Fsp3) is 0.250. The van der Waals surface area contributed by atoms with Gasteiger partial charge in [0.15, 0.2) is 11.4 Å². The molecule has 4 aromatic rings. The topological polar surface area (TPSA) is 115 Å². The van der Waals surface area contributed by atoms with Crippen LogP contribution < -0.4 is 10.9 Å². The molecule has 3 aromatic heterocycles. The molecule has 0 saturated carbocycles. The zero-order valence-electron chi connectivity index (χ0n) is 16.3. The van der Waals surface area contributed by atoms with Crippen molar-refractivity contribution >= 4 is 28.6 Å². The minimum absolute atomic E-state index is 0.103. The van der Waals surface area contributed by atoms with Gasteiger partial charge in [-0.25, -0.2) is 4.79 Å². The Balaban J connectivity index is 1.63. The molecular formula is C20H18N6O4. The van der Waals surface area contributed by atoms with Crippen molar-refractivity contribution in [2.75, 3.05) is 0 Å². The average Bonchev–Trinajstić information content (AvgIpc) is 3.46. The van der Waals surface area contributed by atoms with Crippen molar-refractivity contribution in [1.82, 2.24) is 29.4 Å². The summed E-state index contributed by atoms with van der Waals surface area (Å²) in [4.78, 5) is 39.6. The Kier molecular flexibility index (Phi) is 3.79. The fourth-order valence-corrected chi connectivity index (χ4v) is 3.91. The first-order valence-electron chi connectivity index (χ1n) is 9.49. The van der Waals surface area contributed by atoms with Crippen LogP contribution in [0.2, 0.25) is 0 Å². The molecule has 1 unspecified atom stereocenters. The first kappa shape index (κ1) is 18.1. The highest BCUT2D eigenvalue weighted by Crippen LogP contribution is 2.30. The molecule has 4 heterocycles. The largest absolute Gasteiger partial charge is 0.466 e. The SMILES string of the molecule is CCn1c(=O)c2ccccc2n2c(CN3C(=O)NC(C)(c4ccco4)C3=O)nnc12. The molecule has 1 N–H and O–H groups in total. The Morgan fingerprint density at radius 3 is 2.63 bits per heavy atom. The summed E-state index contributed by atoms with van der Waals surface area (Å²) < 4.78 is 8.58. The van der Waals surface area contributed by atoms with E-state index in [-0.39, 0.29) is 12.1 Å². The summed E-state index contributed by atoms with van der Waals surface area (Å²) in [6.45, 7) is 3.74. The monoisotopic (exact) mass is 406 g/mol. The summed E-state index contributed by atoms with van der Waals surface area (Å²) in [5, 5.41) is 11.6. The molecule has 1 aromatic carbocycles. The minimum Gasteiger partial charge on any atom is -0.466 e. The Bertz CT molecular complexity index is 1370. The molecule has 1 aliphatic rings. The average molecular weight is 406 g/mol. The first-order valence-corrected chi connectivity index (χ1v) is 9.49. The molecule has 1 aliphatic heterocycles. The summed E-state index contributed by atoms with van der Waals surface area (Å²) in [5.74, 6) is 0.625. The summed E-state index contributed by atoms with van der Waals surface area (Å²) in [6, 6.07) is 9.86. The molecule has 0 bridgehead atoms. The summed E-state index contributed by atoms with van der Waals surface area (Å²) >= 11 is 0. The van der Waals surface area contributed by atoms with Gasteiger partial charge in [-0.15, -0.1) is 10.2 Å². The Hall–Kier alpha value is -3.95. The lowest BCUT2D eigenvalue weighted by Crippen LogP contribution is -2.40. The molecule has 152 valence electrons. The number of urea groups is 1. The number of imide groups is 1. The Morgan fingerprint density at radius 2 is 1.90 bits per heavy atom. The van der Waals surface area contributed by atoms with Crippen LogP contribution in [-0.4, -0.2) is 36.0 Å². The normalized spacial score (nSPS) is 19.2. The smallest absolute Gasteiger partial charge is 0.325 e. The van der Waals surface area contributed by atoms with Gasteiger partial charge in [-0.05, 0) is 38.1 Å². The van der Waals surface area contributed by atoms with Crippen LogP contribution in [0.25, 0.3) is 16.7 Å². The van der Waals surface area contributed by atoms with Crippen LogP contribution in [-0.2, 0) is 23.4 Å². The number of nitrogens with one attached hydrogen (secondary N) is 1. The first-order chi connectivity index (χ1) is 14.5. The van der Waals surface area contributed by atoms with Gasteiger partial charge < -0.3 is 9.73 Å². The lowest BCUT2D eigenvalue weighted by molar-refractivity contribution is -0.132. The number of hydrogen-bond acceptors (Lipinski definition) is 6. The number of aryl methyl sites for hydroxylation is 1. The van der Waals surface area contributed by atoms with E-state index in [1.54, 1.807) is 41.7 Å². The molecule has 1 atom stereocenters. The van der Waals surface area contributed by atoms with E-state index in [9.17, 15) is 14.4 Å². The maximum absolute atomic E-state index is 13.1. The molecule has 0 spiro atoms. The quantitative estimate of drug-likeness (QED) is 0.515. The van der Waals surface area contributed by atoms with Gasteiger partial charge in [0.2, 0.25) is 5.78 Å². The van der Waals surface area contributed by atoms with Gasteiger partial charge in [0, 0.05) is 6.54 Å². The molecule has 0 radical (unpaired) electrons. The van der Waals surface area contributed by atoms with Gasteiger partial charge in [-0.3, -0.25) is 23.5 Å². The van der Waals surface area contributed by atoms with Gasteiger partial charge in [0.25, 0.3) is 11.5 Å². The Morgan fingerprint density at radius 1 is 1.10 bits per heavy atom. The van der Waals surface area contributed by atoms with E-state index in [2.05, 4.69) is 15.5 Å². The molecule has 10 heteroatoms. The number of amides is 3. The highest BCUT2D eigenvalue weighted by Gasteiger charge is 2.51. The van der Waals surface area contributed by atoms with Crippen molar-refractivity contribution in [1.29, 1.82) is 0 Å². The second kappa shape index (κ2) is 6.28. The third kappa shape index (κ3) is 2.33. The van der Waals surface area contributed by atoms with Crippen LogP contribution in [0, 0.1) is 0 Å². The number of fused-ring (bicyclic) bond motifs is 3. The summed E-state index contributed by atoms with van der Waals surface area (Å²) in [7, 11) is 0. The van der Waals surface area contributed by atoms with Gasteiger partial charge >= 0.3 is 6.03 Å². The van der Waals surface area contributed by atoms with Gasteiger partial charge in [-0.1, -0.05) is 12.1 Å². The molecule has 1 fully saturated rings. The zero-order chi connectivity index (χ0) is 21.0. The van der Waals surface area contributed by atoms with Crippen molar-refractivity contribution in [3.8, 4) is 0 Å². The molecule has 5 rings (SSSR count). The van der Waals surface area contributed by atoms with E-state index >= 15 is 0 Å². The van der Waals surface area contributed by atoms with Crippen molar-refractivity contribution in [3.63, 3.8) is 0 Å². The highest BCUT2D eigenvalue weighted by molar-refractivity contribution is 6.06. The molecule has 10 nitrogen and oxygen atoms in total. The highest BCUT2D eigenvalue weighted by atomic mass is 16.3. The second-order valence-electron chi connectivity index (χ2n) is 7.24. The molecule has 3 amide bonds. The standard InChI is InChI=1S/C20H18N6O4/c1-3-24-16(27)12-7-4-5-8-13(12)26-15(22-23-18(24)26)11-25-17(28)20(2,21-19(25)29)14-9-6-10-30-14/h4-10H,3,11H2,1-2H3,(H,21,29). The van der Waals surface area contributed by atoms with Gasteiger partial charge in [0.05, 0.1) is 23.7 Å². The van der Waals surface area contributed by atoms with E-state index < -0.39 is 17.5 Å². The summed E-state index contributed by atoms with van der Waals surface area (Å²) in [5.41, 5.74) is -0.850.